The molecule has 110 valence electrons. The number of aromatic amines is 1. The average molecular weight is 285 g/mol. The first kappa shape index (κ1) is 13.8. The van der Waals surface area contributed by atoms with Gasteiger partial charge in [-0.05, 0) is 31.5 Å². The Kier molecular flexibility index (Phi) is 3.51. The monoisotopic (exact) mass is 285 g/mol. The first-order chi connectivity index (χ1) is 10.1. The van der Waals surface area contributed by atoms with Crippen LogP contribution < -0.4 is 10.9 Å². The Labute approximate surface area is 123 Å². The van der Waals surface area contributed by atoms with Gasteiger partial charge >= 0.3 is 0 Å². The molecule has 1 aliphatic heterocycles. The van der Waals surface area contributed by atoms with E-state index in [1.165, 1.54) is 0 Å². The summed E-state index contributed by atoms with van der Waals surface area (Å²) < 4.78 is 0. The van der Waals surface area contributed by atoms with Crippen molar-refractivity contribution in [3.05, 3.63) is 45.7 Å². The molecule has 1 saturated heterocycles. The van der Waals surface area contributed by atoms with Gasteiger partial charge in [0.25, 0.3) is 11.5 Å². The van der Waals surface area contributed by atoms with Crippen molar-refractivity contribution in [1.82, 2.24) is 15.2 Å². The lowest BCUT2D eigenvalue weighted by Gasteiger charge is -2.24. The van der Waals surface area contributed by atoms with Crippen molar-refractivity contribution in [2.45, 2.75) is 19.4 Å². The quantitative estimate of drug-likeness (QED) is 0.873. The maximum Gasteiger partial charge on any atom is 0.261 e. The molecule has 0 saturated carbocycles. The number of likely N-dealkylation sites (N-methyl/N-ethyl adjacent to an activating group) is 1. The number of carbonyl (C=O) groups excluding carboxylic acids is 1. The molecule has 1 aromatic heterocycles. The van der Waals surface area contributed by atoms with Crippen LogP contribution >= 0.6 is 0 Å². The van der Waals surface area contributed by atoms with Crippen molar-refractivity contribution >= 4 is 16.8 Å². The zero-order valence-electron chi connectivity index (χ0n) is 12.3. The summed E-state index contributed by atoms with van der Waals surface area (Å²) in [6.07, 6.45) is 0.923. The summed E-state index contributed by atoms with van der Waals surface area (Å²) in [6, 6.07) is 7.71. The normalized spacial score (nSPS) is 18.1. The minimum Gasteiger partial charge on any atom is -0.337 e. The van der Waals surface area contributed by atoms with Gasteiger partial charge in [-0.2, -0.15) is 0 Å². The molecule has 1 aromatic carbocycles. The number of aromatic nitrogens is 1. The van der Waals surface area contributed by atoms with Crippen molar-refractivity contribution in [1.29, 1.82) is 0 Å². The minimum atomic E-state index is -0.311. The van der Waals surface area contributed by atoms with E-state index in [0.717, 1.165) is 36.0 Å². The lowest BCUT2D eigenvalue weighted by molar-refractivity contribution is 0.0741. The number of para-hydroxylation sites is 1. The van der Waals surface area contributed by atoms with Gasteiger partial charge in [0.05, 0.1) is 0 Å². The van der Waals surface area contributed by atoms with Crippen molar-refractivity contribution in [3.8, 4) is 0 Å². The van der Waals surface area contributed by atoms with Gasteiger partial charge in [0.15, 0.2) is 0 Å². The van der Waals surface area contributed by atoms with Gasteiger partial charge in [-0.1, -0.05) is 18.2 Å². The molecule has 3 rings (SSSR count). The van der Waals surface area contributed by atoms with E-state index in [2.05, 4.69) is 10.3 Å². The van der Waals surface area contributed by atoms with Crippen LogP contribution in [0.4, 0.5) is 0 Å². The van der Waals surface area contributed by atoms with E-state index in [0.29, 0.717) is 0 Å². The lowest BCUT2D eigenvalue weighted by atomic mass is 10.0. The Morgan fingerprint density at radius 1 is 1.33 bits per heavy atom. The summed E-state index contributed by atoms with van der Waals surface area (Å²) in [6.45, 7) is 3.54. The number of pyridine rings is 1. The van der Waals surface area contributed by atoms with Crippen LogP contribution in [-0.2, 0) is 0 Å². The fraction of sp³-hybridized carbons (Fsp3) is 0.375. The SMILES string of the molecule is Cc1c(C(=O)N(C)[C@H]2CCNC2)c(=O)[nH]c2ccccc12. The lowest BCUT2D eigenvalue weighted by Crippen LogP contribution is -2.41. The van der Waals surface area contributed by atoms with Crippen LogP contribution in [0.2, 0.25) is 0 Å². The Hall–Kier alpha value is -2.14. The largest absolute Gasteiger partial charge is 0.337 e. The number of amides is 1. The molecule has 2 N–H and O–H groups in total. The highest BCUT2D eigenvalue weighted by atomic mass is 16.2. The van der Waals surface area contributed by atoms with Gasteiger partial charge in [0.2, 0.25) is 0 Å². The van der Waals surface area contributed by atoms with E-state index in [4.69, 9.17) is 0 Å². The van der Waals surface area contributed by atoms with Crippen molar-refractivity contribution in [2.24, 2.45) is 0 Å². The summed E-state index contributed by atoms with van der Waals surface area (Å²) >= 11 is 0. The van der Waals surface area contributed by atoms with Crippen LogP contribution in [-0.4, -0.2) is 42.0 Å². The number of rotatable bonds is 2. The predicted octanol–water partition coefficient (Wildman–Crippen LogP) is 1.27. The molecular formula is C16H19N3O2. The first-order valence-corrected chi connectivity index (χ1v) is 7.19. The minimum absolute atomic E-state index is 0.155. The van der Waals surface area contributed by atoms with Crippen LogP contribution in [0.3, 0.4) is 0 Å². The molecule has 1 amide bonds. The van der Waals surface area contributed by atoms with E-state index in [-0.39, 0.29) is 23.1 Å². The molecule has 0 radical (unpaired) electrons. The molecule has 0 spiro atoms. The zero-order chi connectivity index (χ0) is 15.0. The molecule has 0 bridgehead atoms. The van der Waals surface area contributed by atoms with Gasteiger partial charge in [0.1, 0.15) is 5.56 Å². The summed E-state index contributed by atoms with van der Waals surface area (Å²) in [7, 11) is 1.77. The third-order valence-corrected chi connectivity index (χ3v) is 4.30. The number of carbonyl (C=O) groups is 1. The highest BCUT2D eigenvalue weighted by Crippen LogP contribution is 2.19. The number of hydrogen-bond donors (Lipinski definition) is 2. The van der Waals surface area contributed by atoms with E-state index in [1.54, 1.807) is 11.9 Å². The standard InChI is InChI=1S/C16H19N3O2/c1-10-12-5-3-4-6-13(12)18-15(20)14(10)16(21)19(2)11-7-8-17-9-11/h3-6,11,17H,7-9H2,1-2H3,(H,18,20)/t11-/m0/s1. The van der Waals surface area contributed by atoms with Gasteiger partial charge in [-0.25, -0.2) is 0 Å². The number of nitrogens with one attached hydrogen (secondary N) is 2. The number of H-pyrrole nitrogens is 1. The molecule has 1 atom stereocenters. The Bertz CT molecular complexity index is 745. The van der Waals surface area contributed by atoms with E-state index in [9.17, 15) is 9.59 Å². The Morgan fingerprint density at radius 3 is 2.81 bits per heavy atom. The van der Waals surface area contributed by atoms with E-state index < -0.39 is 0 Å². The van der Waals surface area contributed by atoms with Crippen molar-refractivity contribution in [2.75, 3.05) is 20.1 Å². The summed E-state index contributed by atoms with van der Waals surface area (Å²) in [5, 5.41) is 4.15. The summed E-state index contributed by atoms with van der Waals surface area (Å²) in [5.41, 5.74) is 1.45. The molecule has 21 heavy (non-hydrogen) atoms. The maximum atomic E-state index is 12.7. The summed E-state index contributed by atoms with van der Waals surface area (Å²) in [4.78, 5) is 29.5. The fourth-order valence-corrected chi connectivity index (χ4v) is 2.98. The van der Waals surface area contributed by atoms with Crippen LogP contribution in [0, 0.1) is 6.92 Å². The highest BCUT2D eigenvalue weighted by molar-refractivity contribution is 5.99. The van der Waals surface area contributed by atoms with E-state index >= 15 is 0 Å². The smallest absolute Gasteiger partial charge is 0.261 e. The van der Waals surface area contributed by atoms with Gasteiger partial charge in [-0.15, -0.1) is 0 Å². The third kappa shape index (κ3) is 2.34. The number of benzene rings is 1. The molecule has 2 heterocycles. The highest BCUT2D eigenvalue weighted by Gasteiger charge is 2.27. The molecule has 1 fully saturated rings. The maximum absolute atomic E-state index is 12.7. The number of aryl methyl sites for hydroxylation is 1. The van der Waals surface area contributed by atoms with Crippen LogP contribution in [0.5, 0.6) is 0 Å². The third-order valence-electron chi connectivity index (χ3n) is 4.30. The molecule has 0 aliphatic carbocycles. The topological polar surface area (TPSA) is 65.2 Å². The van der Waals surface area contributed by atoms with E-state index in [1.807, 2.05) is 31.2 Å². The number of nitrogens with zero attached hydrogens (tertiary/aromatic N) is 1. The molecular weight excluding hydrogens is 266 g/mol. The molecule has 5 heteroatoms. The summed E-state index contributed by atoms with van der Waals surface area (Å²) in [5.74, 6) is -0.201. The predicted molar refractivity (Wildman–Crippen MR) is 82.7 cm³/mol. The average Bonchev–Trinajstić information content (AvgIpc) is 3.00. The second-order valence-electron chi connectivity index (χ2n) is 5.56. The van der Waals surface area contributed by atoms with Crippen molar-refractivity contribution < 1.29 is 4.79 Å². The van der Waals surface area contributed by atoms with Gasteiger partial charge < -0.3 is 15.2 Å². The first-order valence-electron chi connectivity index (χ1n) is 7.19. The Balaban J connectivity index is 2.07. The van der Waals surface area contributed by atoms with Crippen LogP contribution in [0.1, 0.15) is 22.3 Å². The number of fused-ring (bicyclic) bond motifs is 1. The zero-order valence-corrected chi connectivity index (χ0v) is 12.3. The number of hydrogen-bond acceptors (Lipinski definition) is 3. The molecule has 0 unspecified atom stereocenters. The molecule has 5 nitrogen and oxygen atoms in total. The van der Waals surface area contributed by atoms with Crippen molar-refractivity contribution in [3.63, 3.8) is 0 Å². The Morgan fingerprint density at radius 2 is 2.10 bits per heavy atom. The fourth-order valence-electron chi connectivity index (χ4n) is 2.98. The second kappa shape index (κ2) is 5.33. The molecule has 1 aliphatic rings. The van der Waals surface area contributed by atoms with Crippen LogP contribution in [0.25, 0.3) is 10.9 Å². The van der Waals surface area contributed by atoms with Crippen LogP contribution in [0.15, 0.2) is 29.1 Å². The molecule has 2 aromatic rings. The van der Waals surface area contributed by atoms with Gasteiger partial charge in [-0.3, -0.25) is 9.59 Å². The van der Waals surface area contributed by atoms with Gasteiger partial charge in [0, 0.05) is 30.5 Å². The second-order valence-corrected chi connectivity index (χ2v) is 5.56.